The van der Waals surface area contributed by atoms with E-state index in [1.807, 2.05) is 31.2 Å². The van der Waals surface area contributed by atoms with Crippen LogP contribution in [0.4, 0.5) is 10.1 Å². The van der Waals surface area contributed by atoms with Crippen molar-refractivity contribution < 1.29 is 9.18 Å². The first-order valence-electron chi connectivity index (χ1n) is 10.4. The van der Waals surface area contributed by atoms with Crippen molar-refractivity contribution in [1.29, 1.82) is 0 Å². The molecule has 0 unspecified atom stereocenters. The van der Waals surface area contributed by atoms with Crippen LogP contribution in [0.15, 0.2) is 48.5 Å². The van der Waals surface area contributed by atoms with Crippen LogP contribution < -0.4 is 16.8 Å². The molecule has 1 amide bonds. The summed E-state index contributed by atoms with van der Waals surface area (Å²) in [4.78, 5) is 17.7. The van der Waals surface area contributed by atoms with Gasteiger partial charge in [0.05, 0.1) is 11.4 Å². The van der Waals surface area contributed by atoms with E-state index in [0.29, 0.717) is 36.0 Å². The molecule has 3 aromatic rings. The second-order valence-electron chi connectivity index (χ2n) is 8.04. The Balaban J connectivity index is 2.15. The van der Waals surface area contributed by atoms with Crippen molar-refractivity contribution in [3.8, 4) is 11.1 Å². The van der Waals surface area contributed by atoms with Gasteiger partial charge in [-0.1, -0.05) is 38.1 Å². The lowest BCUT2D eigenvalue weighted by atomic mass is 9.92. The molecule has 0 saturated carbocycles. The maximum atomic E-state index is 13.3. The molecule has 0 aliphatic carbocycles. The molecular weight excluding hydrogens is 391 g/mol. The molecule has 0 aliphatic rings. The third-order valence-electron chi connectivity index (χ3n) is 5.19. The number of nitrogens with one attached hydrogen (secondary N) is 1. The molecule has 3 rings (SSSR count). The fourth-order valence-corrected chi connectivity index (χ4v) is 3.64. The molecule has 1 heterocycles. The van der Waals surface area contributed by atoms with E-state index in [2.05, 4.69) is 19.2 Å². The van der Waals surface area contributed by atoms with E-state index in [1.165, 1.54) is 24.3 Å². The molecule has 5 nitrogen and oxygen atoms in total. The summed E-state index contributed by atoms with van der Waals surface area (Å²) in [5.41, 5.74) is 18.3. The van der Waals surface area contributed by atoms with Crippen molar-refractivity contribution in [2.45, 2.75) is 40.3 Å². The smallest absolute Gasteiger partial charge is 0.255 e. The van der Waals surface area contributed by atoms with Crippen LogP contribution >= 0.6 is 0 Å². The standard InChI is InChI=1S/C25H29FN4O/c1-15(2)12-22-21(14-28)23(18-6-4-17(13-27)5-7-18)24(16(3)29-22)30-25(31)19-8-10-20(26)11-9-19/h4-11,15H,12-14,27-28H2,1-3H3,(H,30,31). The predicted molar refractivity (Wildman–Crippen MR) is 123 cm³/mol. The lowest BCUT2D eigenvalue weighted by Crippen LogP contribution is -2.18. The van der Waals surface area contributed by atoms with Gasteiger partial charge in [0.1, 0.15) is 5.82 Å². The summed E-state index contributed by atoms with van der Waals surface area (Å²) in [5.74, 6) is -0.313. The summed E-state index contributed by atoms with van der Waals surface area (Å²) in [6.07, 6.45) is 0.785. The van der Waals surface area contributed by atoms with E-state index in [-0.39, 0.29) is 5.91 Å². The molecule has 0 bridgehead atoms. The fourth-order valence-electron chi connectivity index (χ4n) is 3.64. The number of carbonyl (C=O) groups excluding carboxylic acids is 1. The summed E-state index contributed by atoms with van der Waals surface area (Å²) in [6, 6.07) is 13.4. The lowest BCUT2D eigenvalue weighted by Gasteiger charge is -2.21. The van der Waals surface area contributed by atoms with Crippen LogP contribution in [-0.4, -0.2) is 10.9 Å². The third kappa shape index (κ3) is 5.16. The van der Waals surface area contributed by atoms with Crippen molar-refractivity contribution in [3.63, 3.8) is 0 Å². The summed E-state index contributed by atoms with van der Waals surface area (Å²) in [5, 5.41) is 2.99. The molecule has 2 aromatic carbocycles. The first-order valence-corrected chi connectivity index (χ1v) is 10.4. The minimum absolute atomic E-state index is 0.294. The van der Waals surface area contributed by atoms with E-state index in [0.717, 1.165) is 34.4 Å². The fraction of sp³-hybridized carbons (Fsp3) is 0.280. The zero-order valence-corrected chi connectivity index (χ0v) is 18.2. The zero-order chi connectivity index (χ0) is 22.5. The number of pyridine rings is 1. The number of rotatable bonds is 7. The minimum atomic E-state index is -0.390. The molecule has 0 atom stereocenters. The number of benzene rings is 2. The van der Waals surface area contributed by atoms with E-state index < -0.39 is 5.82 Å². The highest BCUT2D eigenvalue weighted by molar-refractivity contribution is 6.07. The highest BCUT2D eigenvalue weighted by atomic mass is 19.1. The van der Waals surface area contributed by atoms with Crippen molar-refractivity contribution >= 4 is 11.6 Å². The molecule has 0 radical (unpaired) electrons. The minimum Gasteiger partial charge on any atom is -0.326 e. The van der Waals surface area contributed by atoms with E-state index >= 15 is 0 Å². The number of nitrogens with zero attached hydrogens (tertiary/aromatic N) is 1. The topological polar surface area (TPSA) is 94.0 Å². The van der Waals surface area contributed by atoms with Crippen LogP contribution in [0.3, 0.4) is 0 Å². The Kier molecular flexibility index (Phi) is 7.15. The number of amides is 1. The van der Waals surface area contributed by atoms with Gasteiger partial charge in [0.2, 0.25) is 0 Å². The average Bonchev–Trinajstić information content (AvgIpc) is 2.75. The largest absolute Gasteiger partial charge is 0.326 e. The quantitative estimate of drug-likeness (QED) is 0.522. The van der Waals surface area contributed by atoms with Gasteiger partial charge in [-0.25, -0.2) is 4.39 Å². The highest BCUT2D eigenvalue weighted by Gasteiger charge is 2.21. The van der Waals surface area contributed by atoms with Crippen molar-refractivity contribution in [2.75, 3.05) is 5.32 Å². The Hall–Kier alpha value is -3.09. The number of nitrogens with two attached hydrogens (primary N) is 2. The Bertz CT molecular complexity index is 1060. The maximum Gasteiger partial charge on any atom is 0.255 e. The van der Waals surface area contributed by atoms with Crippen LogP contribution in [0.5, 0.6) is 0 Å². The van der Waals surface area contributed by atoms with E-state index in [4.69, 9.17) is 16.5 Å². The third-order valence-corrected chi connectivity index (χ3v) is 5.19. The van der Waals surface area contributed by atoms with Gasteiger partial charge in [-0.2, -0.15) is 0 Å². The molecule has 31 heavy (non-hydrogen) atoms. The van der Waals surface area contributed by atoms with Crippen LogP contribution in [-0.2, 0) is 19.5 Å². The Labute approximate surface area is 182 Å². The van der Waals surface area contributed by atoms with Gasteiger partial charge in [-0.15, -0.1) is 0 Å². The molecule has 0 fully saturated rings. The van der Waals surface area contributed by atoms with Crippen molar-refractivity contribution in [2.24, 2.45) is 17.4 Å². The van der Waals surface area contributed by atoms with Crippen LogP contribution in [0.2, 0.25) is 0 Å². The number of aryl methyl sites for hydroxylation is 1. The average molecular weight is 421 g/mol. The summed E-state index contributed by atoms with van der Waals surface area (Å²) in [7, 11) is 0. The van der Waals surface area contributed by atoms with Gasteiger partial charge in [0.15, 0.2) is 0 Å². The maximum absolute atomic E-state index is 13.3. The first kappa shape index (κ1) is 22.6. The summed E-state index contributed by atoms with van der Waals surface area (Å²) >= 11 is 0. The SMILES string of the molecule is Cc1nc(CC(C)C)c(CN)c(-c2ccc(CN)cc2)c1NC(=O)c1ccc(F)cc1. The first-order chi connectivity index (χ1) is 14.8. The second-order valence-corrected chi connectivity index (χ2v) is 8.04. The molecule has 1 aromatic heterocycles. The molecule has 6 heteroatoms. The van der Waals surface area contributed by atoms with Crippen LogP contribution in [0.1, 0.15) is 46.7 Å². The summed E-state index contributed by atoms with van der Waals surface area (Å²) < 4.78 is 13.3. The molecule has 0 aliphatic heterocycles. The number of anilines is 1. The monoisotopic (exact) mass is 420 g/mol. The Morgan fingerprint density at radius 2 is 1.68 bits per heavy atom. The molecule has 0 saturated heterocycles. The number of hydrogen-bond donors (Lipinski definition) is 3. The van der Waals surface area contributed by atoms with Gasteiger partial charge >= 0.3 is 0 Å². The molecule has 5 N–H and O–H groups in total. The number of hydrogen-bond acceptors (Lipinski definition) is 4. The van der Waals surface area contributed by atoms with Crippen molar-refractivity contribution in [1.82, 2.24) is 4.98 Å². The van der Waals surface area contributed by atoms with Gasteiger partial charge in [0, 0.05) is 29.9 Å². The second kappa shape index (κ2) is 9.81. The molecule has 0 spiro atoms. The van der Waals surface area contributed by atoms with E-state index in [9.17, 15) is 9.18 Å². The van der Waals surface area contributed by atoms with E-state index in [1.54, 1.807) is 0 Å². The van der Waals surface area contributed by atoms with Crippen LogP contribution in [0.25, 0.3) is 11.1 Å². The van der Waals surface area contributed by atoms with Crippen molar-refractivity contribution in [3.05, 3.63) is 82.4 Å². The predicted octanol–water partition coefficient (Wildman–Crippen LogP) is 4.56. The molecule has 162 valence electrons. The number of aromatic nitrogens is 1. The van der Waals surface area contributed by atoms with Gasteiger partial charge in [0.25, 0.3) is 5.91 Å². The highest BCUT2D eigenvalue weighted by Crippen LogP contribution is 2.36. The van der Waals surface area contributed by atoms with Gasteiger partial charge in [-0.05, 0) is 60.2 Å². The van der Waals surface area contributed by atoms with Gasteiger partial charge in [-0.3, -0.25) is 9.78 Å². The molecular formula is C25H29FN4O. The lowest BCUT2D eigenvalue weighted by molar-refractivity contribution is 0.102. The number of carbonyl (C=O) groups is 1. The van der Waals surface area contributed by atoms with Crippen LogP contribution in [0, 0.1) is 18.7 Å². The summed E-state index contributed by atoms with van der Waals surface area (Å²) in [6.45, 7) is 6.89. The number of halogens is 1. The zero-order valence-electron chi connectivity index (χ0n) is 18.2. The normalized spacial score (nSPS) is 11.1. The van der Waals surface area contributed by atoms with Gasteiger partial charge < -0.3 is 16.8 Å². The Morgan fingerprint density at radius 3 is 2.23 bits per heavy atom. The Morgan fingerprint density at radius 1 is 1.03 bits per heavy atom.